The van der Waals surface area contributed by atoms with Gasteiger partial charge in [0.25, 0.3) is 0 Å². The number of halogens is 1. The maximum Gasteiger partial charge on any atom is 0.123 e. The first-order valence-corrected chi connectivity index (χ1v) is 5.94. The second-order valence-electron chi connectivity index (χ2n) is 3.62. The molecule has 76 valence electrons. The molecule has 0 bridgehead atoms. The molecule has 0 amide bonds. The fraction of sp³-hybridized carbons (Fsp3) is 0.455. The molecule has 2 atom stereocenters. The molecule has 3 heteroatoms. The number of rotatable bonds is 2. The zero-order chi connectivity index (χ0) is 9.97. The largest absolute Gasteiger partial charge is 0.388 e. The standard InChI is InChI=1S/C11H13FOS/c12-10-3-1-8(2-4-10)11(13)9-5-6-14-7-9/h1-4,9,11,13H,5-7H2. The minimum atomic E-state index is -0.425. The fourth-order valence-corrected chi connectivity index (χ4v) is 3.02. The van der Waals surface area contributed by atoms with Crippen molar-refractivity contribution in [2.75, 3.05) is 11.5 Å². The Morgan fingerprint density at radius 2 is 2.07 bits per heavy atom. The lowest BCUT2D eigenvalue weighted by Crippen LogP contribution is -2.11. The highest BCUT2D eigenvalue weighted by Gasteiger charge is 2.24. The molecule has 1 heterocycles. The van der Waals surface area contributed by atoms with Crippen LogP contribution < -0.4 is 0 Å². The maximum absolute atomic E-state index is 12.6. The summed E-state index contributed by atoms with van der Waals surface area (Å²) in [5.41, 5.74) is 0.832. The van der Waals surface area contributed by atoms with E-state index < -0.39 is 6.10 Å². The second kappa shape index (κ2) is 4.32. The van der Waals surface area contributed by atoms with Crippen molar-refractivity contribution in [2.45, 2.75) is 12.5 Å². The van der Waals surface area contributed by atoms with E-state index in [0.717, 1.165) is 23.5 Å². The van der Waals surface area contributed by atoms with Gasteiger partial charge in [-0.3, -0.25) is 0 Å². The van der Waals surface area contributed by atoms with Crippen molar-refractivity contribution < 1.29 is 9.50 Å². The van der Waals surface area contributed by atoms with E-state index in [2.05, 4.69) is 0 Å². The Morgan fingerprint density at radius 3 is 2.64 bits per heavy atom. The molecule has 0 aliphatic carbocycles. The van der Waals surface area contributed by atoms with Gasteiger partial charge in [-0.25, -0.2) is 4.39 Å². The van der Waals surface area contributed by atoms with Crippen LogP contribution in [0.25, 0.3) is 0 Å². The SMILES string of the molecule is OC(c1ccc(F)cc1)C1CCSC1. The molecule has 0 aromatic heterocycles. The van der Waals surface area contributed by atoms with E-state index in [1.54, 1.807) is 12.1 Å². The van der Waals surface area contributed by atoms with E-state index in [4.69, 9.17) is 0 Å². The lowest BCUT2D eigenvalue weighted by molar-refractivity contribution is 0.121. The third-order valence-corrected chi connectivity index (χ3v) is 3.81. The average Bonchev–Trinajstić information content (AvgIpc) is 2.71. The van der Waals surface area contributed by atoms with E-state index >= 15 is 0 Å². The van der Waals surface area contributed by atoms with Crippen LogP contribution in [0.4, 0.5) is 4.39 Å². The first-order valence-electron chi connectivity index (χ1n) is 4.78. The van der Waals surface area contributed by atoms with Crippen LogP contribution in [0.1, 0.15) is 18.1 Å². The Bertz CT molecular complexity index is 293. The Labute approximate surface area is 87.3 Å². The third kappa shape index (κ3) is 2.10. The molecule has 2 rings (SSSR count). The van der Waals surface area contributed by atoms with Gasteiger partial charge in [0.05, 0.1) is 6.10 Å². The first-order chi connectivity index (χ1) is 6.77. The number of hydrogen-bond acceptors (Lipinski definition) is 2. The summed E-state index contributed by atoms with van der Waals surface area (Å²) in [5.74, 6) is 2.23. The van der Waals surface area contributed by atoms with Crippen LogP contribution in [-0.4, -0.2) is 16.6 Å². The normalized spacial score (nSPS) is 23.7. The number of aliphatic hydroxyl groups excluding tert-OH is 1. The third-order valence-electron chi connectivity index (χ3n) is 2.62. The second-order valence-corrected chi connectivity index (χ2v) is 4.77. The molecule has 1 aliphatic rings. The van der Waals surface area contributed by atoms with E-state index in [9.17, 15) is 9.50 Å². The molecule has 1 nitrogen and oxygen atoms in total. The zero-order valence-electron chi connectivity index (χ0n) is 7.82. The molecular formula is C11H13FOS. The molecule has 0 spiro atoms. The van der Waals surface area contributed by atoms with Crippen LogP contribution in [0.3, 0.4) is 0 Å². The van der Waals surface area contributed by atoms with Crippen LogP contribution in [-0.2, 0) is 0 Å². The lowest BCUT2D eigenvalue weighted by Gasteiger charge is -2.17. The maximum atomic E-state index is 12.6. The Morgan fingerprint density at radius 1 is 1.36 bits per heavy atom. The summed E-state index contributed by atoms with van der Waals surface area (Å²) in [6.45, 7) is 0. The number of aliphatic hydroxyl groups is 1. The summed E-state index contributed by atoms with van der Waals surface area (Å²) < 4.78 is 12.6. The van der Waals surface area contributed by atoms with Crippen LogP contribution >= 0.6 is 11.8 Å². The number of thioether (sulfide) groups is 1. The van der Waals surface area contributed by atoms with Crippen LogP contribution in [0.5, 0.6) is 0 Å². The molecule has 1 fully saturated rings. The Kier molecular flexibility index (Phi) is 3.08. The molecule has 1 aromatic carbocycles. The van der Waals surface area contributed by atoms with E-state index in [1.807, 2.05) is 11.8 Å². The predicted octanol–water partition coefficient (Wildman–Crippen LogP) is 2.61. The van der Waals surface area contributed by atoms with Crippen LogP contribution in [0, 0.1) is 11.7 Å². The van der Waals surface area contributed by atoms with Crippen molar-refractivity contribution in [3.05, 3.63) is 35.6 Å². The van der Waals surface area contributed by atoms with Gasteiger partial charge in [0, 0.05) is 0 Å². The van der Waals surface area contributed by atoms with Gasteiger partial charge in [-0.15, -0.1) is 0 Å². The van der Waals surface area contributed by atoms with Crippen molar-refractivity contribution in [3.8, 4) is 0 Å². The van der Waals surface area contributed by atoms with Crippen molar-refractivity contribution in [1.29, 1.82) is 0 Å². The van der Waals surface area contributed by atoms with Gasteiger partial charge in [0.2, 0.25) is 0 Å². The fourth-order valence-electron chi connectivity index (χ4n) is 1.73. The zero-order valence-corrected chi connectivity index (χ0v) is 8.64. The van der Waals surface area contributed by atoms with Gasteiger partial charge in [0.15, 0.2) is 0 Å². The Hall–Kier alpha value is -0.540. The smallest absolute Gasteiger partial charge is 0.123 e. The van der Waals surface area contributed by atoms with Gasteiger partial charge in [-0.2, -0.15) is 11.8 Å². The number of hydrogen-bond donors (Lipinski definition) is 1. The van der Waals surface area contributed by atoms with E-state index in [1.165, 1.54) is 12.1 Å². The minimum absolute atomic E-state index is 0.248. The molecule has 1 aliphatic heterocycles. The highest BCUT2D eigenvalue weighted by Crippen LogP contribution is 2.33. The quantitative estimate of drug-likeness (QED) is 0.813. The van der Waals surface area contributed by atoms with Gasteiger partial charge >= 0.3 is 0 Å². The van der Waals surface area contributed by atoms with Gasteiger partial charge in [-0.05, 0) is 41.5 Å². The van der Waals surface area contributed by atoms with Crippen molar-refractivity contribution in [2.24, 2.45) is 5.92 Å². The molecule has 0 saturated carbocycles. The lowest BCUT2D eigenvalue weighted by atomic mass is 9.95. The minimum Gasteiger partial charge on any atom is -0.388 e. The first kappa shape index (κ1) is 9.99. The van der Waals surface area contributed by atoms with Crippen molar-refractivity contribution in [1.82, 2.24) is 0 Å². The predicted molar refractivity (Wildman–Crippen MR) is 56.8 cm³/mol. The van der Waals surface area contributed by atoms with E-state index in [-0.39, 0.29) is 5.82 Å². The van der Waals surface area contributed by atoms with Crippen LogP contribution in [0.15, 0.2) is 24.3 Å². The number of benzene rings is 1. The highest BCUT2D eigenvalue weighted by atomic mass is 32.2. The summed E-state index contributed by atoms with van der Waals surface area (Å²) in [4.78, 5) is 0. The Balaban J connectivity index is 2.09. The van der Waals surface area contributed by atoms with E-state index in [0.29, 0.717) is 5.92 Å². The molecule has 14 heavy (non-hydrogen) atoms. The summed E-state index contributed by atoms with van der Waals surface area (Å²) in [7, 11) is 0. The van der Waals surface area contributed by atoms with Gasteiger partial charge < -0.3 is 5.11 Å². The van der Waals surface area contributed by atoms with Crippen molar-refractivity contribution >= 4 is 11.8 Å². The molecule has 1 N–H and O–H groups in total. The summed E-state index contributed by atoms with van der Waals surface area (Å²) in [6, 6.07) is 6.15. The topological polar surface area (TPSA) is 20.2 Å². The highest BCUT2D eigenvalue weighted by molar-refractivity contribution is 7.99. The molecule has 1 aromatic rings. The van der Waals surface area contributed by atoms with Crippen LogP contribution in [0.2, 0.25) is 0 Å². The van der Waals surface area contributed by atoms with Gasteiger partial charge in [-0.1, -0.05) is 12.1 Å². The monoisotopic (exact) mass is 212 g/mol. The summed E-state index contributed by atoms with van der Waals surface area (Å²) in [6.07, 6.45) is 0.633. The molecule has 2 unspecified atom stereocenters. The molecular weight excluding hydrogens is 199 g/mol. The molecule has 1 saturated heterocycles. The van der Waals surface area contributed by atoms with Gasteiger partial charge in [0.1, 0.15) is 5.82 Å². The summed E-state index contributed by atoms with van der Waals surface area (Å²) in [5, 5.41) is 9.98. The summed E-state index contributed by atoms with van der Waals surface area (Å²) >= 11 is 1.87. The average molecular weight is 212 g/mol. The molecule has 0 radical (unpaired) electrons. The van der Waals surface area contributed by atoms with Crippen molar-refractivity contribution in [3.63, 3.8) is 0 Å².